The topological polar surface area (TPSA) is 75.2 Å². The summed E-state index contributed by atoms with van der Waals surface area (Å²) in [5.41, 5.74) is 0.616. The Balaban J connectivity index is 1.74. The molecule has 1 saturated heterocycles. The number of anilines is 2. The minimum atomic E-state index is -3.82. The quantitative estimate of drug-likeness (QED) is 0.903. The van der Waals surface area contributed by atoms with Gasteiger partial charge in [-0.2, -0.15) is 0 Å². The summed E-state index contributed by atoms with van der Waals surface area (Å²) < 4.78 is 40.5. The van der Waals surface area contributed by atoms with Gasteiger partial charge in [0.25, 0.3) is 10.0 Å². The molecule has 0 atom stereocenters. The Kier molecular flexibility index (Phi) is 4.89. The van der Waals surface area contributed by atoms with E-state index < -0.39 is 15.8 Å². The summed E-state index contributed by atoms with van der Waals surface area (Å²) in [4.78, 5) is 10.7. The molecule has 25 heavy (non-hydrogen) atoms. The summed E-state index contributed by atoms with van der Waals surface area (Å²) in [6.07, 6.45) is 5.11. The fourth-order valence-corrected chi connectivity index (χ4v) is 4.13. The molecule has 0 unspecified atom stereocenters. The molecule has 1 aromatic heterocycles. The summed E-state index contributed by atoms with van der Waals surface area (Å²) >= 11 is 0. The minimum Gasteiger partial charge on any atom is -0.341 e. The monoisotopic (exact) mass is 364 g/mol. The van der Waals surface area contributed by atoms with Crippen LogP contribution in [0.5, 0.6) is 0 Å². The summed E-state index contributed by atoms with van der Waals surface area (Å²) in [6, 6.07) is 3.56. The maximum absolute atomic E-state index is 13.2. The number of hydrogen-bond donors (Lipinski definition) is 1. The van der Waals surface area contributed by atoms with Gasteiger partial charge in [0.15, 0.2) is 0 Å². The molecule has 3 rings (SSSR count). The predicted molar refractivity (Wildman–Crippen MR) is 94.6 cm³/mol. The highest BCUT2D eigenvalue weighted by atomic mass is 32.2. The number of sulfonamides is 1. The number of rotatable bonds is 4. The van der Waals surface area contributed by atoms with Gasteiger partial charge >= 0.3 is 0 Å². The van der Waals surface area contributed by atoms with Crippen molar-refractivity contribution >= 4 is 21.7 Å². The zero-order valence-electron chi connectivity index (χ0n) is 14.2. The van der Waals surface area contributed by atoms with Crippen molar-refractivity contribution in [3.05, 3.63) is 42.0 Å². The van der Waals surface area contributed by atoms with Crippen LogP contribution >= 0.6 is 0 Å². The molecule has 0 radical (unpaired) electrons. The zero-order valence-corrected chi connectivity index (χ0v) is 15.1. The first-order valence-electron chi connectivity index (χ1n) is 8.21. The lowest BCUT2D eigenvalue weighted by molar-refractivity contribution is 0.434. The second-order valence-corrected chi connectivity index (χ2v) is 8.11. The molecule has 0 bridgehead atoms. The third-order valence-corrected chi connectivity index (χ3v) is 5.92. The van der Waals surface area contributed by atoms with Crippen LogP contribution in [0.15, 0.2) is 35.5 Å². The summed E-state index contributed by atoms with van der Waals surface area (Å²) in [6.45, 7) is 5.59. The van der Waals surface area contributed by atoms with Gasteiger partial charge in [-0.05, 0) is 49.4 Å². The van der Waals surface area contributed by atoms with Crippen LogP contribution in [0, 0.1) is 18.7 Å². The molecule has 0 aliphatic carbocycles. The zero-order chi connectivity index (χ0) is 18.0. The van der Waals surface area contributed by atoms with E-state index in [0.29, 0.717) is 17.4 Å². The molecule has 1 aromatic carbocycles. The van der Waals surface area contributed by atoms with Crippen molar-refractivity contribution in [3.8, 4) is 0 Å². The van der Waals surface area contributed by atoms with Crippen molar-refractivity contribution in [1.82, 2.24) is 9.97 Å². The SMILES string of the molecule is Cc1cc(F)ccc1S(=O)(=O)Nc1cnc(N2CCC(C)CC2)nc1. The van der Waals surface area contributed by atoms with E-state index in [1.807, 2.05) is 0 Å². The van der Waals surface area contributed by atoms with E-state index in [1.54, 1.807) is 6.92 Å². The van der Waals surface area contributed by atoms with E-state index in [0.717, 1.165) is 32.0 Å². The molecule has 8 heteroatoms. The van der Waals surface area contributed by atoms with Crippen molar-refractivity contribution in [2.24, 2.45) is 5.92 Å². The smallest absolute Gasteiger partial charge is 0.262 e. The molecule has 2 heterocycles. The number of nitrogens with one attached hydrogen (secondary N) is 1. The van der Waals surface area contributed by atoms with Crippen LogP contribution < -0.4 is 9.62 Å². The molecule has 0 saturated carbocycles. The standard InChI is InChI=1S/C17H21FN4O2S/c1-12-5-7-22(8-6-12)17-19-10-15(11-20-17)21-25(23,24)16-4-3-14(18)9-13(16)2/h3-4,9-12,21H,5-8H2,1-2H3. The fraction of sp³-hybridized carbons (Fsp3) is 0.412. The number of piperidine rings is 1. The first-order valence-corrected chi connectivity index (χ1v) is 9.69. The molecular formula is C17H21FN4O2S. The van der Waals surface area contributed by atoms with E-state index in [4.69, 9.17) is 0 Å². The second-order valence-electron chi connectivity index (χ2n) is 6.46. The first-order chi connectivity index (χ1) is 11.8. The van der Waals surface area contributed by atoms with Crippen molar-refractivity contribution < 1.29 is 12.8 Å². The van der Waals surface area contributed by atoms with Crippen LogP contribution in [-0.2, 0) is 10.0 Å². The second kappa shape index (κ2) is 6.95. The molecule has 1 aliphatic heterocycles. The molecule has 134 valence electrons. The maximum atomic E-state index is 13.2. The largest absolute Gasteiger partial charge is 0.341 e. The third kappa shape index (κ3) is 4.07. The van der Waals surface area contributed by atoms with Crippen molar-refractivity contribution in [1.29, 1.82) is 0 Å². The van der Waals surface area contributed by atoms with Crippen LogP contribution in [0.4, 0.5) is 16.0 Å². The van der Waals surface area contributed by atoms with E-state index in [-0.39, 0.29) is 10.6 Å². The number of aromatic nitrogens is 2. The van der Waals surface area contributed by atoms with Gasteiger partial charge in [0, 0.05) is 13.1 Å². The summed E-state index contributed by atoms with van der Waals surface area (Å²) in [5, 5.41) is 0. The number of halogens is 1. The van der Waals surface area contributed by atoms with Crippen molar-refractivity contribution in [3.63, 3.8) is 0 Å². The van der Waals surface area contributed by atoms with Gasteiger partial charge in [-0.3, -0.25) is 4.72 Å². The lowest BCUT2D eigenvalue weighted by Crippen LogP contribution is -2.34. The third-order valence-electron chi connectivity index (χ3n) is 4.38. The Hall–Kier alpha value is -2.22. The van der Waals surface area contributed by atoms with Crippen LogP contribution in [0.3, 0.4) is 0 Å². The molecule has 1 N–H and O–H groups in total. The highest BCUT2D eigenvalue weighted by Gasteiger charge is 2.20. The molecule has 0 amide bonds. The van der Waals surface area contributed by atoms with Crippen molar-refractivity contribution in [2.75, 3.05) is 22.7 Å². The van der Waals surface area contributed by atoms with Gasteiger partial charge in [-0.1, -0.05) is 6.92 Å². The van der Waals surface area contributed by atoms with Crippen molar-refractivity contribution in [2.45, 2.75) is 31.6 Å². The van der Waals surface area contributed by atoms with E-state index in [1.165, 1.54) is 24.5 Å². The van der Waals surface area contributed by atoms with Gasteiger partial charge < -0.3 is 4.90 Å². The van der Waals surface area contributed by atoms with E-state index in [9.17, 15) is 12.8 Å². The molecular weight excluding hydrogens is 343 g/mol. The summed E-state index contributed by atoms with van der Waals surface area (Å²) in [5.74, 6) is 0.842. The molecule has 2 aromatic rings. The molecule has 1 aliphatic rings. The average molecular weight is 364 g/mol. The first kappa shape index (κ1) is 17.6. The van der Waals surface area contributed by atoms with Gasteiger partial charge in [-0.25, -0.2) is 22.8 Å². The summed E-state index contributed by atoms with van der Waals surface area (Å²) in [7, 11) is -3.82. The number of hydrogen-bond acceptors (Lipinski definition) is 5. The lowest BCUT2D eigenvalue weighted by Gasteiger charge is -2.30. The average Bonchev–Trinajstić information content (AvgIpc) is 2.55. The van der Waals surface area contributed by atoms with E-state index in [2.05, 4.69) is 26.5 Å². The Bertz CT molecular complexity index is 847. The van der Waals surface area contributed by atoms with Crippen LogP contribution in [0.2, 0.25) is 0 Å². The number of nitrogens with zero attached hydrogens (tertiary/aromatic N) is 3. The Morgan fingerprint density at radius 1 is 1.20 bits per heavy atom. The molecule has 1 fully saturated rings. The fourth-order valence-electron chi connectivity index (χ4n) is 2.87. The Morgan fingerprint density at radius 3 is 2.44 bits per heavy atom. The van der Waals surface area contributed by atoms with Gasteiger partial charge in [0.05, 0.1) is 23.0 Å². The lowest BCUT2D eigenvalue weighted by atomic mass is 10.00. The van der Waals surface area contributed by atoms with Crippen LogP contribution in [-0.4, -0.2) is 31.5 Å². The van der Waals surface area contributed by atoms with Crippen LogP contribution in [0.1, 0.15) is 25.3 Å². The minimum absolute atomic E-state index is 0.0306. The van der Waals surface area contributed by atoms with Gasteiger partial charge in [0.2, 0.25) is 5.95 Å². The number of aryl methyl sites for hydroxylation is 1. The maximum Gasteiger partial charge on any atom is 0.262 e. The van der Waals surface area contributed by atoms with Gasteiger partial charge in [-0.15, -0.1) is 0 Å². The Morgan fingerprint density at radius 2 is 1.84 bits per heavy atom. The number of benzene rings is 1. The predicted octanol–water partition coefficient (Wildman–Crippen LogP) is 2.96. The normalized spacial score (nSPS) is 16.0. The molecule has 6 nitrogen and oxygen atoms in total. The molecule has 0 spiro atoms. The Labute approximate surface area is 147 Å². The van der Waals surface area contributed by atoms with Gasteiger partial charge in [0.1, 0.15) is 5.82 Å². The highest BCUT2D eigenvalue weighted by molar-refractivity contribution is 7.92. The van der Waals surface area contributed by atoms with Crippen LogP contribution in [0.25, 0.3) is 0 Å². The van der Waals surface area contributed by atoms with E-state index >= 15 is 0 Å². The highest BCUT2D eigenvalue weighted by Crippen LogP contribution is 2.22.